The van der Waals surface area contributed by atoms with Gasteiger partial charge < -0.3 is 47.3 Å². The van der Waals surface area contributed by atoms with Crippen LogP contribution in [0.25, 0.3) is 33.4 Å². The fourth-order valence-electron chi connectivity index (χ4n) is 12.0. The maximum absolute atomic E-state index is 13.0. The van der Waals surface area contributed by atoms with Gasteiger partial charge in [0, 0.05) is 46.7 Å². The third kappa shape index (κ3) is 19.6. The van der Waals surface area contributed by atoms with Crippen molar-refractivity contribution in [1.29, 1.82) is 0 Å². The Morgan fingerprint density at radius 3 is 0.939 bits per heavy atom. The van der Waals surface area contributed by atoms with E-state index in [9.17, 15) is 72.9 Å². The summed E-state index contributed by atoms with van der Waals surface area (Å²) in [6, 6.07) is 91.2. The molecular formula is C92H67N5O17. The molecule has 13 aromatic carbocycles. The Balaban J connectivity index is 0.000000151. The smallest absolute Gasteiger partial charge is 0.346 e. The highest BCUT2D eigenvalue weighted by atomic mass is 16.6. The Hall–Kier alpha value is -16.1. The summed E-state index contributed by atoms with van der Waals surface area (Å²) in [5.74, 6) is -8.59. The van der Waals surface area contributed by atoms with Gasteiger partial charge in [0.2, 0.25) is 0 Å². The van der Waals surface area contributed by atoms with Crippen molar-refractivity contribution in [2.75, 3.05) is 27.4 Å². The maximum atomic E-state index is 13.0. The summed E-state index contributed by atoms with van der Waals surface area (Å²) >= 11 is 0. The van der Waals surface area contributed by atoms with Gasteiger partial charge in [-0.3, -0.25) is 24.0 Å². The number of imide groups is 1. The number of hydrogen-bond acceptors (Lipinski definition) is 17. The molecule has 0 saturated heterocycles. The molecule has 0 bridgehead atoms. The second-order valence-corrected chi connectivity index (χ2v) is 25.3. The number of nitrogens with two attached hydrogens (primary N) is 3. The molecule has 0 aromatic heterocycles. The van der Waals surface area contributed by atoms with Crippen molar-refractivity contribution >= 4 is 99.5 Å². The van der Waals surface area contributed by atoms with E-state index in [-0.39, 0.29) is 91.2 Å². The van der Waals surface area contributed by atoms with Gasteiger partial charge in [-0.25, -0.2) is 38.5 Å². The lowest BCUT2D eigenvalue weighted by Gasteiger charge is -2.13. The van der Waals surface area contributed by atoms with Gasteiger partial charge in [-0.05, 0) is 178 Å². The normalized spacial score (nSPS) is 11.7. The zero-order valence-electron chi connectivity index (χ0n) is 60.3. The van der Waals surface area contributed by atoms with Crippen LogP contribution in [-0.4, -0.2) is 86.4 Å². The predicted octanol–water partition coefficient (Wildman–Crippen LogP) is 16.5. The van der Waals surface area contributed by atoms with E-state index >= 15 is 0 Å². The van der Waals surface area contributed by atoms with Gasteiger partial charge >= 0.3 is 41.8 Å². The number of carbonyl (C=O) groups is 12. The highest BCUT2D eigenvalue weighted by Crippen LogP contribution is 2.35. The van der Waals surface area contributed by atoms with Crippen LogP contribution >= 0.6 is 0 Å². The van der Waals surface area contributed by atoms with Crippen molar-refractivity contribution in [2.24, 2.45) is 0 Å². The van der Waals surface area contributed by atoms with Crippen LogP contribution in [0.2, 0.25) is 0 Å². The average Bonchev–Trinajstić information content (AvgIpc) is 1.61. The summed E-state index contributed by atoms with van der Waals surface area (Å²) in [5, 5.41) is 31.8. The molecule has 0 saturated carbocycles. The van der Waals surface area contributed by atoms with Gasteiger partial charge in [0.05, 0.1) is 61.3 Å². The summed E-state index contributed by atoms with van der Waals surface area (Å²) in [6.45, 7) is 0. The van der Waals surface area contributed by atoms with E-state index in [4.69, 9.17) is 17.2 Å². The number of ether oxygens (including phenoxy) is 2. The molecule has 0 fully saturated rings. The highest BCUT2D eigenvalue weighted by molar-refractivity contribution is 6.34. The monoisotopic (exact) mass is 1510 g/mol. The number of aromatic carboxylic acids is 3. The van der Waals surface area contributed by atoms with Crippen LogP contribution in [0.5, 0.6) is 0 Å². The third-order valence-electron chi connectivity index (χ3n) is 17.6. The molecule has 0 spiro atoms. The van der Waals surface area contributed by atoms with Gasteiger partial charge in [0.1, 0.15) is 0 Å². The molecule has 3 aliphatic heterocycles. The zero-order valence-corrected chi connectivity index (χ0v) is 60.3. The highest BCUT2D eigenvalue weighted by Gasteiger charge is 2.37. The number of carbonyl (C=O) groups excluding carboxylic acids is 9. The molecule has 0 radical (unpaired) electrons. The Morgan fingerprint density at radius 1 is 0.289 bits per heavy atom. The largest absolute Gasteiger partial charge is 0.478 e. The number of esters is 4. The van der Waals surface area contributed by atoms with Gasteiger partial charge in [-0.2, -0.15) is 0 Å². The standard InChI is InChI=1S/C29H21NO6.C29H19NO5.C16H6O6.3C6H7N/c31-26(15-18-7-3-1-4-8-18)22-13-11-20(17-25(22)29(35)36)19-12-14-23(28(33)34)24(16-19)27(32)30-21-9-5-2-6-10-21;31-26(15-18-7-3-1-4-8-18)22-13-11-20(17-25(22)29(34)35)19-12-14-23-24(16-19)28(33)30(27(23)32)21-9-5-2-6-10-21;17-13-9-3-1-7(5-11(9)15(19)21-13)8-2-4-10-12(6-8)16(20)22-14(10)18;3*7-6-4-2-1-3-5-6/h1-14,16-17H,15H2,(H,30,32)(H,33,34)(H,35,36);1-14,16-17H,15H2,(H,34,35);1-6H;3*1-5H,7H2. The first kappa shape index (κ1) is 79.0. The van der Waals surface area contributed by atoms with Gasteiger partial charge in [-0.15, -0.1) is 0 Å². The van der Waals surface area contributed by atoms with Gasteiger partial charge in [0.15, 0.2) is 11.6 Å². The van der Waals surface area contributed by atoms with E-state index in [1.165, 1.54) is 66.7 Å². The first-order valence-corrected chi connectivity index (χ1v) is 34.9. The molecule has 3 amide bonds. The fraction of sp³-hybridized carbons (Fsp3) is 0.0217. The number of nitrogen functional groups attached to an aromatic ring is 3. The minimum Gasteiger partial charge on any atom is -0.478 e. The summed E-state index contributed by atoms with van der Waals surface area (Å²) in [6.07, 6.45) is 0.142. The number of Topliss-reactive ketones (excluding diaryl/α,β-unsaturated/α-hetero) is 2. The fourth-order valence-corrected chi connectivity index (χ4v) is 12.0. The molecule has 0 atom stereocenters. The second-order valence-electron chi connectivity index (χ2n) is 25.3. The molecule has 3 heterocycles. The zero-order chi connectivity index (χ0) is 81.0. The minimum absolute atomic E-state index is 0.0532. The van der Waals surface area contributed by atoms with Crippen molar-refractivity contribution < 1.29 is 82.3 Å². The summed E-state index contributed by atoms with van der Waals surface area (Å²) in [5.41, 5.74) is 25.2. The number of amides is 3. The summed E-state index contributed by atoms with van der Waals surface area (Å²) in [4.78, 5) is 147. The summed E-state index contributed by atoms with van der Waals surface area (Å²) < 4.78 is 9.06. The number of carboxylic acids is 3. The van der Waals surface area contributed by atoms with Crippen LogP contribution in [0.15, 0.2) is 322 Å². The van der Waals surface area contributed by atoms with Crippen LogP contribution in [0.1, 0.15) is 135 Å². The van der Waals surface area contributed by atoms with E-state index in [0.29, 0.717) is 44.8 Å². The predicted molar refractivity (Wildman–Crippen MR) is 429 cm³/mol. The Labute approximate surface area is 651 Å². The molecule has 3 aliphatic rings. The molecule has 22 heteroatoms. The lowest BCUT2D eigenvalue weighted by Crippen LogP contribution is -2.29. The van der Waals surface area contributed by atoms with Crippen molar-refractivity contribution in [3.63, 3.8) is 0 Å². The topological polar surface area (TPSA) is 377 Å². The molecule has 562 valence electrons. The number of carboxylic acid groups (broad SMARTS) is 3. The van der Waals surface area contributed by atoms with Gasteiger partial charge in [-0.1, -0.05) is 188 Å². The number of benzene rings is 13. The number of cyclic esters (lactones) is 4. The molecular weight excluding hydrogens is 1450 g/mol. The summed E-state index contributed by atoms with van der Waals surface area (Å²) in [7, 11) is 0. The second kappa shape index (κ2) is 36.7. The molecule has 0 unspecified atom stereocenters. The molecule has 22 nitrogen and oxygen atoms in total. The van der Waals surface area contributed by atoms with E-state index in [1.807, 2.05) is 127 Å². The first-order valence-electron chi connectivity index (χ1n) is 34.9. The van der Waals surface area contributed by atoms with Crippen molar-refractivity contribution in [3.8, 4) is 33.4 Å². The number of anilines is 5. The van der Waals surface area contributed by atoms with E-state index in [1.54, 1.807) is 127 Å². The number of para-hydroxylation sites is 5. The van der Waals surface area contributed by atoms with Crippen molar-refractivity contribution in [2.45, 2.75) is 12.8 Å². The maximum Gasteiger partial charge on any atom is 0.346 e. The number of rotatable bonds is 15. The third-order valence-corrected chi connectivity index (χ3v) is 17.6. The van der Waals surface area contributed by atoms with E-state index < -0.39 is 59.5 Å². The van der Waals surface area contributed by atoms with E-state index in [0.717, 1.165) is 33.1 Å². The Morgan fingerprint density at radius 2 is 0.579 bits per heavy atom. The minimum atomic E-state index is -1.27. The Kier molecular flexibility index (Phi) is 25.4. The molecule has 114 heavy (non-hydrogen) atoms. The van der Waals surface area contributed by atoms with Crippen LogP contribution in [-0.2, 0) is 22.3 Å². The number of nitrogens with one attached hydrogen (secondary N) is 1. The number of fused-ring (bicyclic) bond motifs is 3. The van der Waals surface area contributed by atoms with Crippen LogP contribution in [0.4, 0.5) is 28.4 Å². The van der Waals surface area contributed by atoms with E-state index in [2.05, 4.69) is 14.8 Å². The first-order chi connectivity index (χ1) is 55.0. The average molecular weight is 1510 g/mol. The number of ketones is 2. The van der Waals surface area contributed by atoms with Crippen LogP contribution < -0.4 is 27.4 Å². The number of hydrogen-bond donors (Lipinski definition) is 7. The molecule has 10 N–H and O–H groups in total. The SMILES string of the molecule is Nc1ccccc1.Nc1ccccc1.Nc1ccccc1.O=C(O)c1cc(-c2ccc(C(=O)O)c(C(=O)Nc3ccccc3)c2)ccc1C(=O)Cc1ccccc1.O=C(O)c1cc(-c2ccc3c(c2)C(=O)N(c2ccccc2)C3=O)ccc1C(=O)Cc1ccccc1.O=C1OC(=O)c2cc(-c3ccc4c(c3)C(=O)OC4=O)ccc21. The lowest BCUT2D eigenvalue weighted by atomic mass is 9.93. The molecule has 0 aliphatic carbocycles. The molecule has 13 aromatic rings. The lowest BCUT2D eigenvalue weighted by molar-refractivity contribution is 0.0425. The van der Waals surface area contributed by atoms with Gasteiger partial charge in [0.25, 0.3) is 17.7 Å². The number of nitrogens with zero attached hydrogens (tertiary/aromatic N) is 1. The quantitative estimate of drug-likeness (QED) is 0.0165. The van der Waals surface area contributed by atoms with Crippen LogP contribution in [0, 0.1) is 0 Å². The Bertz CT molecular complexity index is 5690. The van der Waals surface area contributed by atoms with Crippen LogP contribution in [0.3, 0.4) is 0 Å². The van der Waals surface area contributed by atoms with Crippen molar-refractivity contribution in [1.82, 2.24) is 0 Å². The molecule has 16 rings (SSSR count). The van der Waals surface area contributed by atoms with Crippen molar-refractivity contribution in [3.05, 3.63) is 399 Å².